The van der Waals surface area contributed by atoms with Crippen LogP contribution < -0.4 is 9.47 Å². The van der Waals surface area contributed by atoms with Gasteiger partial charge in [0.1, 0.15) is 11.5 Å². The molecule has 0 saturated carbocycles. The van der Waals surface area contributed by atoms with E-state index < -0.39 is 5.56 Å². The van der Waals surface area contributed by atoms with E-state index in [1.54, 1.807) is 14.2 Å². The van der Waals surface area contributed by atoms with Crippen LogP contribution in [-0.2, 0) is 11.3 Å². The van der Waals surface area contributed by atoms with Crippen molar-refractivity contribution >= 4 is 34.8 Å². The summed E-state index contributed by atoms with van der Waals surface area (Å²) in [6.45, 7) is 0.278. The van der Waals surface area contributed by atoms with Crippen LogP contribution in [-0.4, -0.2) is 14.2 Å². The van der Waals surface area contributed by atoms with Crippen LogP contribution in [0.25, 0.3) is 22.3 Å². The zero-order valence-corrected chi connectivity index (χ0v) is 21.0. The normalized spacial score (nSPS) is 11.8. The minimum Gasteiger partial charge on any atom is -0.497 e. The van der Waals surface area contributed by atoms with E-state index in [-0.39, 0.29) is 6.61 Å². The Balaban J connectivity index is 1.64. The molecule has 0 N–H and O–H groups in total. The Bertz CT molecular complexity index is 1260. The second-order valence-electron chi connectivity index (χ2n) is 7.62. The van der Waals surface area contributed by atoms with Crippen molar-refractivity contribution < 1.29 is 14.2 Å². The van der Waals surface area contributed by atoms with Gasteiger partial charge >= 0.3 is 0 Å². The van der Waals surface area contributed by atoms with Crippen LogP contribution in [0.1, 0.15) is 16.7 Å². The molecule has 0 bridgehead atoms. The quantitative estimate of drug-likeness (QED) is 0.220. The highest BCUT2D eigenvalue weighted by Crippen LogP contribution is 2.37. The van der Waals surface area contributed by atoms with E-state index in [0.717, 1.165) is 39.1 Å². The Morgan fingerprint density at radius 3 is 1.71 bits per heavy atom. The molecule has 0 heterocycles. The van der Waals surface area contributed by atoms with Crippen LogP contribution in [0.2, 0.25) is 10.0 Å². The molecule has 0 aliphatic rings. The number of halogens is 3. The van der Waals surface area contributed by atoms with Crippen molar-refractivity contribution in [2.45, 2.75) is 12.2 Å². The molecule has 34 heavy (non-hydrogen) atoms. The molecular weight excluding hydrogens is 491 g/mol. The summed E-state index contributed by atoms with van der Waals surface area (Å²) in [5.74, 6) is 1.44. The van der Waals surface area contributed by atoms with Crippen molar-refractivity contribution in [2.24, 2.45) is 0 Å². The van der Waals surface area contributed by atoms with Crippen LogP contribution in [0.15, 0.2) is 84.9 Å². The van der Waals surface area contributed by atoms with E-state index in [0.29, 0.717) is 15.8 Å². The van der Waals surface area contributed by atoms with Gasteiger partial charge in [0.25, 0.3) is 0 Å². The molecule has 1 unspecified atom stereocenters. The van der Waals surface area contributed by atoms with E-state index in [1.807, 2.05) is 84.9 Å². The lowest BCUT2D eigenvalue weighted by Gasteiger charge is -2.19. The lowest BCUT2D eigenvalue weighted by atomic mass is 9.99. The fraction of sp³-hybridized carbons (Fsp3) is 0.143. The van der Waals surface area contributed by atoms with Crippen molar-refractivity contribution in [3.63, 3.8) is 0 Å². The lowest BCUT2D eigenvalue weighted by Crippen LogP contribution is -2.03. The van der Waals surface area contributed by atoms with Crippen LogP contribution in [0.4, 0.5) is 0 Å². The van der Waals surface area contributed by atoms with E-state index in [1.165, 1.54) is 0 Å². The molecule has 6 heteroatoms. The fourth-order valence-corrected chi connectivity index (χ4v) is 4.22. The maximum atomic E-state index is 6.81. The van der Waals surface area contributed by atoms with E-state index >= 15 is 0 Å². The molecule has 4 aromatic carbocycles. The lowest BCUT2D eigenvalue weighted by molar-refractivity contribution is 0.0946. The van der Waals surface area contributed by atoms with Crippen LogP contribution in [0, 0.1) is 0 Å². The SMILES string of the molecule is COc1ccc(-c2ccc(Cl)cc2)c(COC(Cl)c2cc(OC)ccc2-c2ccc(Cl)cc2)c1. The highest BCUT2D eigenvalue weighted by molar-refractivity contribution is 6.31. The van der Waals surface area contributed by atoms with E-state index in [2.05, 4.69) is 0 Å². The highest BCUT2D eigenvalue weighted by atomic mass is 35.5. The van der Waals surface area contributed by atoms with Crippen LogP contribution in [0.5, 0.6) is 11.5 Å². The second kappa shape index (κ2) is 11.2. The van der Waals surface area contributed by atoms with Gasteiger partial charge in [0, 0.05) is 15.6 Å². The Kier molecular flexibility index (Phi) is 8.02. The van der Waals surface area contributed by atoms with Crippen LogP contribution >= 0.6 is 34.8 Å². The summed E-state index contributed by atoms with van der Waals surface area (Å²) in [6, 6.07) is 27.0. The third-order valence-corrected chi connectivity index (χ3v) is 6.38. The minimum atomic E-state index is -0.718. The molecule has 0 spiro atoms. The summed E-state index contributed by atoms with van der Waals surface area (Å²) >= 11 is 19.0. The van der Waals surface area contributed by atoms with Crippen molar-refractivity contribution in [3.8, 4) is 33.8 Å². The predicted molar refractivity (Wildman–Crippen MR) is 140 cm³/mol. The van der Waals surface area contributed by atoms with Crippen LogP contribution in [0.3, 0.4) is 0 Å². The van der Waals surface area contributed by atoms with Crippen molar-refractivity contribution in [1.29, 1.82) is 0 Å². The summed E-state index contributed by atoms with van der Waals surface area (Å²) in [7, 11) is 3.26. The molecule has 0 aliphatic heterocycles. The van der Waals surface area contributed by atoms with Gasteiger partial charge in [-0.1, -0.05) is 71.2 Å². The Morgan fingerprint density at radius 2 is 1.15 bits per heavy atom. The summed E-state index contributed by atoms with van der Waals surface area (Å²) in [5.41, 5.74) is 5.01. The average Bonchev–Trinajstić information content (AvgIpc) is 2.87. The molecule has 0 radical (unpaired) electrons. The standard InChI is InChI=1S/C28H23Cl3O3/c1-32-23-11-13-25(18-3-7-21(29)8-4-18)20(15-23)17-34-28(31)27-16-24(33-2)12-14-26(27)19-5-9-22(30)10-6-19/h3-16,28H,17H2,1-2H3. The molecule has 0 aliphatic carbocycles. The van der Waals surface area contributed by atoms with Crippen molar-refractivity contribution in [2.75, 3.05) is 14.2 Å². The zero-order valence-electron chi connectivity index (χ0n) is 18.7. The number of methoxy groups -OCH3 is 2. The second-order valence-corrected chi connectivity index (χ2v) is 8.89. The first kappa shape index (κ1) is 24.4. The maximum Gasteiger partial charge on any atom is 0.157 e. The first-order valence-electron chi connectivity index (χ1n) is 10.6. The number of rotatable bonds is 8. The predicted octanol–water partition coefficient (Wildman–Crippen LogP) is 8.80. The molecule has 1 atom stereocenters. The summed E-state index contributed by atoms with van der Waals surface area (Å²) in [4.78, 5) is 0. The molecular formula is C28H23Cl3O3. The molecule has 0 saturated heterocycles. The summed E-state index contributed by atoms with van der Waals surface area (Å²) < 4.78 is 17.1. The molecule has 0 aromatic heterocycles. The first-order chi connectivity index (χ1) is 16.5. The number of hydrogen-bond acceptors (Lipinski definition) is 3. The summed E-state index contributed by atoms with van der Waals surface area (Å²) in [6.07, 6.45) is 0. The molecule has 4 rings (SSSR count). The molecule has 174 valence electrons. The van der Waals surface area contributed by atoms with Gasteiger partial charge in [-0.15, -0.1) is 0 Å². The van der Waals surface area contributed by atoms with Gasteiger partial charge in [0.15, 0.2) is 5.56 Å². The Labute approximate surface area is 214 Å². The van der Waals surface area contributed by atoms with Gasteiger partial charge in [0.2, 0.25) is 0 Å². The highest BCUT2D eigenvalue weighted by Gasteiger charge is 2.18. The Hall–Kier alpha value is -2.69. The zero-order chi connectivity index (χ0) is 24.1. The molecule has 3 nitrogen and oxygen atoms in total. The average molecular weight is 514 g/mol. The third kappa shape index (κ3) is 5.68. The van der Waals surface area contributed by atoms with Gasteiger partial charge in [-0.25, -0.2) is 0 Å². The van der Waals surface area contributed by atoms with Gasteiger partial charge in [-0.3, -0.25) is 0 Å². The minimum absolute atomic E-state index is 0.278. The van der Waals surface area contributed by atoms with Gasteiger partial charge < -0.3 is 14.2 Å². The van der Waals surface area contributed by atoms with Crippen molar-refractivity contribution in [1.82, 2.24) is 0 Å². The monoisotopic (exact) mass is 512 g/mol. The van der Waals surface area contributed by atoms with Gasteiger partial charge in [-0.2, -0.15) is 0 Å². The molecule has 0 fully saturated rings. The van der Waals surface area contributed by atoms with Gasteiger partial charge in [-0.05, 0) is 76.3 Å². The largest absolute Gasteiger partial charge is 0.497 e. The summed E-state index contributed by atoms with van der Waals surface area (Å²) in [5, 5.41) is 1.36. The number of alkyl halides is 1. The number of hydrogen-bond donors (Lipinski definition) is 0. The third-order valence-electron chi connectivity index (χ3n) is 5.51. The van der Waals surface area contributed by atoms with Gasteiger partial charge in [0.05, 0.1) is 20.8 Å². The number of benzene rings is 4. The Morgan fingerprint density at radius 1 is 0.647 bits per heavy atom. The number of ether oxygens (including phenoxy) is 3. The fourth-order valence-electron chi connectivity index (χ4n) is 3.73. The van der Waals surface area contributed by atoms with E-state index in [9.17, 15) is 0 Å². The van der Waals surface area contributed by atoms with E-state index in [4.69, 9.17) is 49.0 Å². The molecule has 0 amide bonds. The maximum absolute atomic E-state index is 6.81. The molecule has 4 aromatic rings. The smallest absolute Gasteiger partial charge is 0.157 e. The van der Waals surface area contributed by atoms with Crippen molar-refractivity contribution in [3.05, 3.63) is 106 Å². The first-order valence-corrected chi connectivity index (χ1v) is 11.8. The topological polar surface area (TPSA) is 27.7 Å².